The van der Waals surface area contributed by atoms with Crippen molar-refractivity contribution in [3.05, 3.63) is 23.5 Å². The molecule has 2 amide bonds. The van der Waals surface area contributed by atoms with Crippen LogP contribution in [0.15, 0.2) is 12.1 Å². The first-order valence-corrected chi connectivity index (χ1v) is 9.08. The van der Waals surface area contributed by atoms with Crippen molar-refractivity contribution in [1.29, 1.82) is 0 Å². The highest BCUT2D eigenvalue weighted by Gasteiger charge is 2.57. The van der Waals surface area contributed by atoms with Crippen LogP contribution < -0.4 is 9.64 Å². The number of carboxylic acids is 1. The topological polar surface area (TPSA) is 87.2 Å². The highest BCUT2D eigenvalue weighted by atomic mass is 19.1. The van der Waals surface area contributed by atoms with Crippen LogP contribution in [0.1, 0.15) is 44.2 Å². The third-order valence-electron chi connectivity index (χ3n) is 5.74. The summed E-state index contributed by atoms with van der Waals surface area (Å²) < 4.78 is 20.7. The minimum atomic E-state index is -1.52. The number of aliphatic carboxylic acids is 1. The third kappa shape index (κ3) is 2.74. The van der Waals surface area contributed by atoms with Crippen LogP contribution in [0.5, 0.6) is 5.75 Å². The first-order chi connectivity index (χ1) is 12.7. The van der Waals surface area contributed by atoms with Crippen LogP contribution >= 0.6 is 0 Å². The lowest BCUT2D eigenvalue weighted by atomic mass is 9.89. The van der Waals surface area contributed by atoms with Crippen LogP contribution in [0.2, 0.25) is 0 Å². The van der Waals surface area contributed by atoms with Crippen molar-refractivity contribution in [3.8, 4) is 5.75 Å². The van der Waals surface area contributed by atoms with E-state index < -0.39 is 29.3 Å². The molecule has 1 saturated carbocycles. The molecule has 0 radical (unpaired) electrons. The second-order valence-corrected chi connectivity index (χ2v) is 7.77. The van der Waals surface area contributed by atoms with E-state index in [4.69, 9.17) is 9.84 Å². The highest BCUT2D eigenvalue weighted by molar-refractivity contribution is 6.31. The van der Waals surface area contributed by atoms with Crippen molar-refractivity contribution >= 4 is 23.5 Å². The number of fused-ring (bicyclic) bond motifs is 1. The molecule has 1 unspecified atom stereocenters. The quantitative estimate of drug-likeness (QED) is 0.759. The van der Waals surface area contributed by atoms with Gasteiger partial charge in [0.2, 0.25) is 0 Å². The molecule has 1 N–H and O–H groups in total. The van der Waals surface area contributed by atoms with E-state index in [-0.39, 0.29) is 23.3 Å². The zero-order chi connectivity index (χ0) is 19.5. The van der Waals surface area contributed by atoms with E-state index in [0.717, 1.165) is 6.42 Å². The smallest absolute Gasteiger partial charge is 0.394 e. The molecule has 2 atom stereocenters. The maximum atomic E-state index is 14.9. The molecule has 0 bridgehead atoms. The Morgan fingerprint density at radius 2 is 2.00 bits per heavy atom. The average Bonchev–Trinajstić information content (AvgIpc) is 3.38. The zero-order valence-electron chi connectivity index (χ0n) is 15.2. The number of hydrogen-bond donors (Lipinski definition) is 1. The van der Waals surface area contributed by atoms with E-state index in [9.17, 15) is 18.8 Å². The molecule has 1 aromatic rings. The summed E-state index contributed by atoms with van der Waals surface area (Å²) in [5.41, 5.74) is -0.322. The van der Waals surface area contributed by atoms with Gasteiger partial charge < -0.3 is 19.6 Å². The molecule has 2 aliphatic heterocycles. The van der Waals surface area contributed by atoms with Gasteiger partial charge in [-0.25, -0.2) is 9.18 Å². The molecule has 1 spiro atoms. The number of benzene rings is 1. The Morgan fingerprint density at radius 1 is 1.30 bits per heavy atom. The number of amides is 2. The summed E-state index contributed by atoms with van der Waals surface area (Å²) in [6.07, 6.45) is 2.52. The van der Waals surface area contributed by atoms with Crippen molar-refractivity contribution in [2.75, 3.05) is 18.5 Å². The van der Waals surface area contributed by atoms with Crippen molar-refractivity contribution in [2.24, 2.45) is 5.92 Å². The van der Waals surface area contributed by atoms with Gasteiger partial charge in [-0.05, 0) is 36.5 Å². The number of hydrogen-bond acceptors (Lipinski definition) is 4. The average molecular weight is 376 g/mol. The number of likely N-dealkylation sites (tertiary alicyclic amines) is 1. The number of carbonyl (C=O) groups excluding carboxylic acids is 2. The molecule has 0 aromatic heterocycles. The van der Waals surface area contributed by atoms with Gasteiger partial charge in [0.05, 0.1) is 6.04 Å². The van der Waals surface area contributed by atoms with Crippen LogP contribution in [-0.4, -0.2) is 47.0 Å². The van der Waals surface area contributed by atoms with Gasteiger partial charge in [0.1, 0.15) is 11.4 Å². The van der Waals surface area contributed by atoms with Crippen molar-refractivity contribution in [3.63, 3.8) is 0 Å². The Hall–Kier alpha value is -2.64. The van der Waals surface area contributed by atoms with E-state index in [1.165, 1.54) is 22.9 Å². The fourth-order valence-corrected chi connectivity index (χ4v) is 4.13. The molecule has 2 fully saturated rings. The first-order valence-electron chi connectivity index (χ1n) is 9.08. The number of ether oxygens (including phenoxy) is 1. The summed E-state index contributed by atoms with van der Waals surface area (Å²) in [5, 5.41) is 9.14. The van der Waals surface area contributed by atoms with Crippen molar-refractivity contribution < 1.29 is 28.6 Å². The van der Waals surface area contributed by atoms with Gasteiger partial charge in [-0.2, -0.15) is 0 Å². The standard InChI is InChI=1S/C19H21FN2O5/c1-10-3-4-13(22(9-10)16(23)17(24)25)11-7-12(20)15-14(8-11)27-19(5-6-19)18(26)21(15)2/h7-8,10,13H,3-6,9H2,1-2H3,(H,24,25)/t10-,13?/m0/s1. The minimum absolute atomic E-state index is 0.0848. The molecule has 1 saturated heterocycles. The van der Waals surface area contributed by atoms with Crippen molar-refractivity contribution in [2.45, 2.75) is 44.2 Å². The number of likely N-dealkylation sites (N-methyl/N-ethyl adjacent to an activating group) is 1. The van der Waals surface area contributed by atoms with Gasteiger partial charge in [-0.3, -0.25) is 9.59 Å². The number of anilines is 1. The van der Waals surface area contributed by atoms with Gasteiger partial charge in [-0.15, -0.1) is 0 Å². The van der Waals surface area contributed by atoms with Crippen LogP contribution in [0.4, 0.5) is 10.1 Å². The van der Waals surface area contributed by atoms with E-state index in [0.29, 0.717) is 31.4 Å². The number of piperidine rings is 1. The lowest BCUT2D eigenvalue weighted by Crippen LogP contribution is -2.46. The molecule has 7 nitrogen and oxygen atoms in total. The Balaban J connectivity index is 1.74. The van der Waals surface area contributed by atoms with E-state index in [2.05, 4.69) is 0 Å². The van der Waals surface area contributed by atoms with Gasteiger partial charge >= 0.3 is 11.9 Å². The summed E-state index contributed by atoms with van der Waals surface area (Å²) in [6.45, 7) is 2.25. The van der Waals surface area contributed by atoms with Gasteiger partial charge in [0.15, 0.2) is 11.4 Å². The summed E-state index contributed by atoms with van der Waals surface area (Å²) in [6, 6.07) is 2.38. The molecule has 4 rings (SSSR count). The molecule has 144 valence electrons. The first kappa shape index (κ1) is 17.8. The maximum absolute atomic E-state index is 14.9. The fourth-order valence-electron chi connectivity index (χ4n) is 4.13. The Bertz CT molecular complexity index is 851. The minimum Gasteiger partial charge on any atom is -0.475 e. The molecule has 27 heavy (non-hydrogen) atoms. The maximum Gasteiger partial charge on any atom is 0.394 e. The molecule has 1 aliphatic carbocycles. The van der Waals surface area contributed by atoms with E-state index >= 15 is 0 Å². The lowest BCUT2D eigenvalue weighted by Gasteiger charge is -2.39. The van der Waals surface area contributed by atoms with Gasteiger partial charge in [0.25, 0.3) is 5.91 Å². The Labute approximate surface area is 155 Å². The highest BCUT2D eigenvalue weighted by Crippen LogP contribution is 2.50. The van der Waals surface area contributed by atoms with Gasteiger partial charge in [0, 0.05) is 26.4 Å². The van der Waals surface area contributed by atoms with E-state index in [1.807, 2.05) is 6.92 Å². The van der Waals surface area contributed by atoms with Crippen LogP contribution in [0.25, 0.3) is 0 Å². The lowest BCUT2D eigenvalue weighted by molar-refractivity contribution is -0.158. The molecule has 2 heterocycles. The summed E-state index contributed by atoms with van der Waals surface area (Å²) in [7, 11) is 1.52. The number of carboxylic acid groups (broad SMARTS) is 1. The monoisotopic (exact) mass is 376 g/mol. The van der Waals surface area contributed by atoms with Crippen LogP contribution in [0, 0.1) is 11.7 Å². The number of rotatable bonds is 1. The summed E-state index contributed by atoms with van der Waals surface area (Å²) >= 11 is 0. The Morgan fingerprint density at radius 3 is 2.63 bits per heavy atom. The predicted octanol–water partition coefficient (Wildman–Crippen LogP) is 2.10. The molecule has 8 heteroatoms. The van der Waals surface area contributed by atoms with Crippen LogP contribution in [-0.2, 0) is 14.4 Å². The molecule has 1 aromatic carbocycles. The number of halogens is 1. The molecule has 3 aliphatic rings. The molecular weight excluding hydrogens is 355 g/mol. The second-order valence-electron chi connectivity index (χ2n) is 7.77. The zero-order valence-corrected chi connectivity index (χ0v) is 15.2. The SMILES string of the molecule is C[C@H]1CCC(c2cc(F)c3c(c2)OC2(CC2)C(=O)N3C)N(C(=O)C(=O)O)C1. The third-order valence-corrected chi connectivity index (χ3v) is 5.74. The normalized spacial score (nSPS) is 25.8. The van der Waals surface area contributed by atoms with Gasteiger partial charge in [-0.1, -0.05) is 6.92 Å². The second kappa shape index (κ2) is 5.94. The fraction of sp³-hybridized carbons (Fsp3) is 0.526. The summed E-state index contributed by atoms with van der Waals surface area (Å²) in [4.78, 5) is 38.3. The predicted molar refractivity (Wildman–Crippen MR) is 92.9 cm³/mol. The Kier molecular flexibility index (Phi) is 3.90. The summed E-state index contributed by atoms with van der Waals surface area (Å²) in [5.74, 6) is -2.94. The van der Waals surface area contributed by atoms with Crippen molar-refractivity contribution in [1.82, 2.24) is 4.90 Å². The number of carbonyl (C=O) groups is 3. The number of nitrogens with zero attached hydrogens (tertiary/aromatic N) is 2. The van der Waals surface area contributed by atoms with E-state index in [1.54, 1.807) is 6.07 Å². The molecular formula is C19H21FN2O5. The largest absolute Gasteiger partial charge is 0.475 e. The van der Waals surface area contributed by atoms with Crippen LogP contribution in [0.3, 0.4) is 0 Å².